The summed E-state index contributed by atoms with van der Waals surface area (Å²) in [5, 5.41) is 4.41. The Kier molecular flexibility index (Phi) is 6.98. The van der Waals surface area contributed by atoms with Crippen molar-refractivity contribution in [3.05, 3.63) is 29.8 Å². The van der Waals surface area contributed by atoms with E-state index in [0.717, 1.165) is 18.4 Å². The molecule has 0 saturated carbocycles. The van der Waals surface area contributed by atoms with Crippen molar-refractivity contribution in [1.82, 2.24) is 20.5 Å². The van der Waals surface area contributed by atoms with Gasteiger partial charge in [0.05, 0.1) is 4.90 Å². The van der Waals surface area contributed by atoms with Gasteiger partial charge in [-0.05, 0) is 42.9 Å². The van der Waals surface area contributed by atoms with E-state index in [2.05, 4.69) is 17.7 Å². The van der Waals surface area contributed by atoms with Gasteiger partial charge in [0.1, 0.15) is 0 Å². The van der Waals surface area contributed by atoms with Crippen LogP contribution in [0.25, 0.3) is 0 Å². The molecule has 1 fully saturated rings. The van der Waals surface area contributed by atoms with E-state index in [4.69, 9.17) is 0 Å². The van der Waals surface area contributed by atoms with Crippen LogP contribution in [0, 0.1) is 5.92 Å². The van der Waals surface area contributed by atoms with Gasteiger partial charge in [-0.15, -0.1) is 0 Å². The van der Waals surface area contributed by atoms with Crippen LogP contribution in [0.15, 0.2) is 29.2 Å². The average Bonchev–Trinajstić information content (AvgIpc) is 2.56. The van der Waals surface area contributed by atoms with E-state index in [1.165, 1.54) is 19.1 Å². The molecule has 9 heteroatoms. The van der Waals surface area contributed by atoms with Gasteiger partial charge in [0, 0.05) is 26.6 Å². The number of benzene rings is 1. The summed E-state index contributed by atoms with van der Waals surface area (Å²) in [6, 6.07) is 5.47. The van der Waals surface area contributed by atoms with Crippen LogP contribution in [0.1, 0.15) is 32.3 Å². The third kappa shape index (κ3) is 6.30. The van der Waals surface area contributed by atoms with Crippen LogP contribution in [-0.4, -0.2) is 45.0 Å². The molecule has 1 aromatic carbocycles. The number of hydrazine groups is 1. The fraction of sp³-hybridized carbons (Fsp3) is 0.529. The highest BCUT2D eigenvalue weighted by molar-refractivity contribution is 7.90. The molecule has 0 spiro atoms. The summed E-state index contributed by atoms with van der Waals surface area (Å²) in [6.45, 7) is 5.49. The number of nitrogens with one attached hydrogen (secondary N) is 3. The molecule has 26 heavy (non-hydrogen) atoms. The highest BCUT2D eigenvalue weighted by atomic mass is 32.2. The lowest BCUT2D eigenvalue weighted by Gasteiger charge is -2.30. The van der Waals surface area contributed by atoms with Gasteiger partial charge in [-0.1, -0.05) is 19.1 Å². The van der Waals surface area contributed by atoms with Crippen molar-refractivity contribution < 1.29 is 18.0 Å². The number of sulfonamides is 1. The molecule has 0 aliphatic carbocycles. The molecule has 1 aromatic rings. The van der Waals surface area contributed by atoms with Crippen molar-refractivity contribution in [2.45, 2.75) is 38.0 Å². The lowest BCUT2D eigenvalue weighted by atomic mass is 10.0. The van der Waals surface area contributed by atoms with Crippen LogP contribution in [0.2, 0.25) is 0 Å². The highest BCUT2D eigenvalue weighted by Crippen LogP contribution is 2.14. The minimum Gasteiger partial charge on any atom is -0.356 e. The molecule has 3 N–H and O–H groups in total. The molecule has 0 atom stereocenters. The van der Waals surface area contributed by atoms with Gasteiger partial charge < -0.3 is 5.32 Å². The third-order valence-corrected chi connectivity index (χ3v) is 5.64. The predicted octanol–water partition coefficient (Wildman–Crippen LogP) is 1.00. The lowest BCUT2D eigenvalue weighted by molar-refractivity contribution is -0.118. The second kappa shape index (κ2) is 9.00. The van der Waals surface area contributed by atoms with Crippen molar-refractivity contribution in [2.75, 3.05) is 19.6 Å². The van der Waals surface area contributed by atoms with E-state index in [9.17, 15) is 18.0 Å². The van der Waals surface area contributed by atoms with Gasteiger partial charge in [0.15, 0.2) is 0 Å². The van der Waals surface area contributed by atoms with Crippen molar-refractivity contribution in [2.24, 2.45) is 5.92 Å². The molecule has 144 valence electrons. The topological polar surface area (TPSA) is 108 Å². The summed E-state index contributed by atoms with van der Waals surface area (Å²) in [5.74, 6) is 0.506. The molecular formula is C17H26N4O4S. The van der Waals surface area contributed by atoms with E-state index in [-0.39, 0.29) is 10.8 Å². The van der Waals surface area contributed by atoms with E-state index in [1.54, 1.807) is 17.1 Å². The average molecular weight is 382 g/mol. The number of carbonyl (C=O) groups is 2. The molecule has 3 amide bonds. The Morgan fingerprint density at radius 3 is 2.35 bits per heavy atom. The molecule has 1 heterocycles. The molecule has 0 radical (unpaired) electrons. The number of hydrogen-bond donors (Lipinski definition) is 3. The highest BCUT2D eigenvalue weighted by Gasteiger charge is 2.21. The molecule has 8 nitrogen and oxygen atoms in total. The Bertz CT molecular complexity index is 726. The van der Waals surface area contributed by atoms with Crippen molar-refractivity contribution >= 4 is 22.0 Å². The van der Waals surface area contributed by atoms with Gasteiger partial charge in [-0.2, -0.15) is 0 Å². The number of piperidine rings is 1. The van der Waals surface area contributed by atoms with Crippen LogP contribution >= 0.6 is 0 Å². The van der Waals surface area contributed by atoms with Gasteiger partial charge in [-0.25, -0.2) is 22.9 Å². The van der Waals surface area contributed by atoms with Gasteiger partial charge in [0.25, 0.3) is 10.0 Å². The molecule has 1 saturated heterocycles. The second-order valence-corrected chi connectivity index (χ2v) is 8.28. The largest absolute Gasteiger partial charge is 0.356 e. The van der Waals surface area contributed by atoms with Crippen molar-refractivity contribution in [3.8, 4) is 0 Å². The Morgan fingerprint density at radius 1 is 1.15 bits per heavy atom. The first-order valence-electron chi connectivity index (χ1n) is 8.68. The summed E-state index contributed by atoms with van der Waals surface area (Å²) in [5.41, 5.74) is 3.47. The monoisotopic (exact) mass is 382 g/mol. The first kappa shape index (κ1) is 20.2. The molecule has 0 unspecified atom stereocenters. The standard InChI is InChI=1S/C17H26N4O4S/c1-13-8-11-21(12-9-13)19-17(23)20-26(24,25)16-5-3-15(4-6-16)7-10-18-14(2)22/h3-6,13H,7-12H2,1-2H3,(H,18,22)(H2,19,20,23). The Hall–Kier alpha value is -2.13. The fourth-order valence-electron chi connectivity index (χ4n) is 2.69. The maximum absolute atomic E-state index is 12.3. The first-order chi connectivity index (χ1) is 12.3. The SMILES string of the molecule is CC(=O)NCCc1ccc(S(=O)(=O)NC(=O)NN2CCC(C)CC2)cc1. The van der Waals surface area contributed by atoms with Gasteiger partial charge in [0.2, 0.25) is 5.91 Å². The number of hydrogen-bond acceptors (Lipinski definition) is 5. The maximum atomic E-state index is 12.3. The van der Waals surface area contributed by atoms with Crippen LogP contribution < -0.4 is 15.5 Å². The quantitative estimate of drug-likeness (QED) is 0.680. The third-order valence-electron chi connectivity index (χ3n) is 4.29. The first-order valence-corrected chi connectivity index (χ1v) is 10.2. The maximum Gasteiger partial charge on any atom is 0.343 e. The lowest BCUT2D eigenvalue weighted by Crippen LogP contribution is -2.51. The number of carbonyl (C=O) groups excluding carboxylic acids is 2. The summed E-state index contributed by atoms with van der Waals surface area (Å²) in [6.07, 6.45) is 2.53. The summed E-state index contributed by atoms with van der Waals surface area (Å²) in [7, 11) is -3.93. The van der Waals surface area contributed by atoms with Gasteiger partial charge in [-0.3, -0.25) is 10.2 Å². The zero-order chi connectivity index (χ0) is 19.2. The fourth-order valence-corrected chi connectivity index (χ4v) is 3.59. The Labute approximate surface area is 154 Å². The smallest absolute Gasteiger partial charge is 0.343 e. The van der Waals surface area contributed by atoms with E-state index < -0.39 is 16.1 Å². The minimum atomic E-state index is -3.93. The van der Waals surface area contributed by atoms with Crippen LogP contribution in [0.4, 0.5) is 4.79 Å². The van der Waals surface area contributed by atoms with E-state index in [1.807, 2.05) is 4.72 Å². The second-order valence-electron chi connectivity index (χ2n) is 6.59. The van der Waals surface area contributed by atoms with Gasteiger partial charge >= 0.3 is 6.03 Å². The number of urea groups is 1. The number of rotatable bonds is 6. The van der Waals surface area contributed by atoms with E-state index >= 15 is 0 Å². The Morgan fingerprint density at radius 2 is 1.77 bits per heavy atom. The zero-order valence-corrected chi connectivity index (χ0v) is 15.9. The zero-order valence-electron chi connectivity index (χ0n) is 15.1. The number of amides is 3. The van der Waals surface area contributed by atoms with Crippen LogP contribution in [-0.2, 0) is 21.2 Å². The summed E-state index contributed by atoms with van der Waals surface area (Å²) < 4.78 is 26.6. The summed E-state index contributed by atoms with van der Waals surface area (Å²) in [4.78, 5) is 22.8. The Balaban J connectivity index is 1.88. The normalized spacial score (nSPS) is 16.1. The number of nitrogens with zero attached hydrogens (tertiary/aromatic N) is 1. The summed E-state index contributed by atoms with van der Waals surface area (Å²) >= 11 is 0. The van der Waals surface area contributed by atoms with E-state index in [0.29, 0.717) is 32.0 Å². The van der Waals surface area contributed by atoms with Crippen molar-refractivity contribution in [1.29, 1.82) is 0 Å². The molecular weight excluding hydrogens is 356 g/mol. The molecule has 1 aliphatic rings. The van der Waals surface area contributed by atoms with Crippen LogP contribution in [0.3, 0.4) is 0 Å². The molecule has 0 aromatic heterocycles. The predicted molar refractivity (Wildman–Crippen MR) is 97.7 cm³/mol. The minimum absolute atomic E-state index is 0.0168. The molecule has 1 aliphatic heterocycles. The van der Waals surface area contributed by atoms with Crippen LogP contribution in [0.5, 0.6) is 0 Å². The van der Waals surface area contributed by atoms with Crippen molar-refractivity contribution in [3.63, 3.8) is 0 Å². The molecule has 2 rings (SSSR count). The molecule has 0 bridgehead atoms.